The minimum absolute atomic E-state index is 0.305. The van der Waals surface area contributed by atoms with Gasteiger partial charge in [0.05, 0.1) is 30.3 Å². The van der Waals surface area contributed by atoms with Crippen molar-refractivity contribution in [1.29, 1.82) is 0 Å². The van der Waals surface area contributed by atoms with Gasteiger partial charge in [0.1, 0.15) is 11.4 Å². The van der Waals surface area contributed by atoms with Gasteiger partial charge in [0.15, 0.2) is 0 Å². The number of hydrazone groups is 1. The van der Waals surface area contributed by atoms with Crippen LogP contribution in [0.3, 0.4) is 0 Å². The van der Waals surface area contributed by atoms with Crippen molar-refractivity contribution in [2.24, 2.45) is 5.10 Å². The molecule has 0 aliphatic heterocycles. The van der Waals surface area contributed by atoms with Crippen molar-refractivity contribution in [3.63, 3.8) is 0 Å². The van der Waals surface area contributed by atoms with E-state index in [1.165, 1.54) is 0 Å². The number of carbonyl (C=O) groups is 1. The summed E-state index contributed by atoms with van der Waals surface area (Å²) >= 11 is 0. The van der Waals surface area contributed by atoms with E-state index in [1.807, 2.05) is 73.1 Å². The molecular weight excluding hydrogens is 392 g/mol. The number of H-pyrrole nitrogens is 2. The Morgan fingerprint density at radius 2 is 1.87 bits per heavy atom. The van der Waals surface area contributed by atoms with Gasteiger partial charge in [0.25, 0.3) is 5.91 Å². The Balaban J connectivity index is 1.49. The van der Waals surface area contributed by atoms with Crippen molar-refractivity contribution in [2.75, 3.05) is 7.11 Å². The molecule has 0 radical (unpaired) electrons. The molecule has 156 valence electrons. The number of hydrogen-bond acceptors (Lipinski definition) is 4. The van der Waals surface area contributed by atoms with Gasteiger partial charge in [0, 0.05) is 24.6 Å². The summed E-state index contributed by atoms with van der Waals surface area (Å²) < 4.78 is 7.34. The summed E-state index contributed by atoms with van der Waals surface area (Å²) in [6, 6.07) is 19.1. The monoisotopic (exact) mass is 415 g/mol. The number of ether oxygens (including phenoxy) is 1. The van der Waals surface area contributed by atoms with Crippen molar-refractivity contribution in [2.45, 2.75) is 13.8 Å². The van der Waals surface area contributed by atoms with Crippen LogP contribution >= 0.6 is 0 Å². The summed E-state index contributed by atoms with van der Waals surface area (Å²) in [5, 5.41) is 14.4. The number of nitrogens with one attached hydrogen (secondary N) is 3. The molecule has 1 amide bonds. The Morgan fingerprint density at radius 1 is 1.13 bits per heavy atom. The van der Waals surface area contributed by atoms with Gasteiger partial charge in [0.2, 0.25) is 11.4 Å². The highest BCUT2D eigenvalue weighted by atomic mass is 16.5. The van der Waals surface area contributed by atoms with Crippen LogP contribution in [0, 0.1) is 13.8 Å². The SMILES string of the molecule is COc1ccccc1-c1cc(C(=O)NN=Cc2c(C)[nH][n+](-c3ccccc3)c2C)[nH]n1. The largest absolute Gasteiger partial charge is 0.496 e. The lowest BCUT2D eigenvalue weighted by molar-refractivity contribution is -0.661. The number of aromatic nitrogens is 4. The molecule has 8 nitrogen and oxygen atoms in total. The first-order valence-electron chi connectivity index (χ1n) is 9.77. The molecular formula is C23H23N6O2+. The third kappa shape index (κ3) is 4.09. The van der Waals surface area contributed by atoms with E-state index in [4.69, 9.17) is 4.74 Å². The Morgan fingerprint density at radius 3 is 2.65 bits per heavy atom. The topological polar surface area (TPSA) is 99.0 Å². The molecule has 3 N–H and O–H groups in total. The van der Waals surface area contributed by atoms with Crippen molar-refractivity contribution in [1.82, 2.24) is 20.7 Å². The van der Waals surface area contributed by atoms with Crippen molar-refractivity contribution < 1.29 is 14.2 Å². The van der Waals surface area contributed by atoms with Gasteiger partial charge in [-0.25, -0.2) is 5.43 Å². The lowest BCUT2D eigenvalue weighted by Gasteiger charge is -2.04. The van der Waals surface area contributed by atoms with E-state index in [0.29, 0.717) is 17.1 Å². The fourth-order valence-electron chi connectivity index (χ4n) is 3.38. The molecule has 0 aliphatic carbocycles. The maximum atomic E-state index is 12.5. The minimum Gasteiger partial charge on any atom is -0.496 e. The van der Waals surface area contributed by atoms with Crippen LogP contribution in [0.5, 0.6) is 5.75 Å². The Bertz CT molecular complexity index is 1240. The van der Waals surface area contributed by atoms with E-state index >= 15 is 0 Å². The average Bonchev–Trinajstić information content (AvgIpc) is 3.40. The number of benzene rings is 2. The minimum atomic E-state index is -0.383. The molecule has 2 aromatic heterocycles. The van der Waals surface area contributed by atoms with Crippen molar-refractivity contribution in [3.8, 4) is 22.7 Å². The highest BCUT2D eigenvalue weighted by molar-refractivity contribution is 5.94. The van der Waals surface area contributed by atoms with Crippen LogP contribution in [0.25, 0.3) is 16.9 Å². The standard InChI is InChI=1S/C23H22N6O2/c1-15-19(16(2)29(28-15)17-9-5-4-6-10-17)14-24-27-23(30)21-13-20(25-26-21)18-11-7-8-12-22(18)31-3/h4-14H,1-3H3,(H2,25,26,27,30)/p+1. The van der Waals surface area contributed by atoms with Crippen molar-refractivity contribution >= 4 is 12.1 Å². The Hall–Kier alpha value is -4.20. The van der Waals surface area contributed by atoms with E-state index in [-0.39, 0.29) is 5.91 Å². The molecule has 4 aromatic rings. The first kappa shape index (κ1) is 20.1. The number of rotatable bonds is 6. The predicted molar refractivity (Wildman–Crippen MR) is 117 cm³/mol. The first-order valence-corrected chi connectivity index (χ1v) is 9.77. The number of carbonyl (C=O) groups excluding carboxylic acids is 1. The lowest BCUT2D eigenvalue weighted by Crippen LogP contribution is -2.35. The molecule has 0 aliphatic rings. The molecule has 0 fully saturated rings. The number of hydrogen-bond donors (Lipinski definition) is 3. The van der Waals surface area contributed by atoms with Crippen LogP contribution in [0.4, 0.5) is 0 Å². The average molecular weight is 415 g/mol. The zero-order valence-corrected chi connectivity index (χ0v) is 17.5. The van der Waals surface area contributed by atoms with Crippen LogP contribution in [-0.4, -0.2) is 34.5 Å². The number of aryl methyl sites for hydroxylation is 1. The summed E-state index contributed by atoms with van der Waals surface area (Å²) in [6.45, 7) is 3.96. The molecule has 8 heteroatoms. The van der Waals surface area contributed by atoms with E-state index in [1.54, 1.807) is 19.4 Å². The second kappa shape index (κ2) is 8.66. The van der Waals surface area contributed by atoms with Crippen LogP contribution in [0.1, 0.15) is 27.4 Å². The maximum absolute atomic E-state index is 12.5. The molecule has 0 unspecified atom stereocenters. The van der Waals surface area contributed by atoms with Gasteiger partial charge in [-0.15, -0.1) is 0 Å². The summed E-state index contributed by atoms with van der Waals surface area (Å²) in [5.74, 6) is 0.302. The van der Waals surface area contributed by atoms with Gasteiger partial charge >= 0.3 is 0 Å². The van der Waals surface area contributed by atoms with E-state index < -0.39 is 0 Å². The number of para-hydroxylation sites is 2. The molecule has 0 saturated carbocycles. The molecule has 2 aromatic carbocycles. The maximum Gasteiger partial charge on any atom is 0.289 e. The summed E-state index contributed by atoms with van der Waals surface area (Å²) in [4.78, 5) is 12.5. The molecule has 0 saturated heterocycles. The van der Waals surface area contributed by atoms with E-state index in [0.717, 1.165) is 28.2 Å². The van der Waals surface area contributed by atoms with Crippen LogP contribution in [-0.2, 0) is 0 Å². The molecule has 0 spiro atoms. The molecule has 31 heavy (non-hydrogen) atoms. The summed E-state index contributed by atoms with van der Waals surface area (Å²) in [5.41, 5.74) is 8.13. The quantitative estimate of drug-likeness (QED) is 0.256. The third-order valence-electron chi connectivity index (χ3n) is 4.99. The van der Waals surface area contributed by atoms with Gasteiger partial charge in [-0.05, 0) is 25.1 Å². The summed E-state index contributed by atoms with van der Waals surface area (Å²) in [6.07, 6.45) is 1.63. The van der Waals surface area contributed by atoms with Gasteiger partial charge in [-0.1, -0.05) is 35.0 Å². The van der Waals surface area contributed by atoms with Crippen LogP contribution in [0.15, 0.2) is 65.8 Å². The number of nitrogens with zero attached hydrogens (tertiary/aromatic N) is 3. The number of amides is 1. The van der Waals surface area contributed by atoms with E-state index in [2.05, 4.69) is 25.8 Å². The lowest BCUT2D eigenvalue weighted by atomic mass is 10.1. The van der Waals surface area contributed by atoms with Gasteiger partial charge in [-0.2, -0.15) is 15.3 Å². The number of methoxy groups -OCH3 is 1. The highest BCUT2D eigenvalue weighted by Gasteiger charge is 2.20. The number of aromatic amines is 2. The molecule has 0 atom stereocenters. The van der Waals surface area contributed by atoms with Crippen LogP contribution < -0.4 is 14.8 Å². The first-order chi connectivity index (χ1) is 15.1. The normalized spacial score (nSPS) is 11.1. The summed E-state index contributed by atoms with van der Waals surface area (Å²) in [7, 11) is 1.60. The molecule has 4 rings (SSSR count). The van der Waals surface area contributed by atoms with Gasteiger partial charge in [-0.3, -0.25) is 9.89 Å². The Kier molecular flexibility index (Phi) is 5.61. The predicted octanol–water partition coefficient (Wildman–Crippen LogP) is 3.07. The fraction of sp³-hybridized carbons (Fsp3) is 0.130. The third-order valence-corrected chi connectivity index (χ3v) is 4.99. The second-order valence-corrected chi connectivity index (χ2v) is 6.97. The van der Waals surface area contributed by atoms with Crippen LogP contribution in [0.2, 0.25) is 0 Å². The molecule has 0 bridgehead atoms. The van der Waals surface area contributed by atoms with E-state index in [9.17, 15) is 4.79 Å². The zero-order chi connectivity index (χ0) is 21.8. The Labute approximate surface area is 179 Å². The highest BCUT2D eigenvalue weighted by Crippen LogP contribution is 2.28. The zero-order valence-electron chi connectivity index (χ0n) is 17.5. The second-order valence-electron chi connectivity index (χ2n) is 6.97. The molecule has 2 heterocycles. The smallest absolute Gasteiger partial charge is 0.289 e. The van der Waals surface area contributed by atoms with Gasteiger partial charge < -0.3 is 4.74 Å². The van der Waals surface area contributed by atoms with Crippen molar-refractivity contribution in [3.05, 3.63) is 83.3 Å². The fourth-order valence-corrected chi connectivity index (χ4v) is 3.38.